The molecule has 2 N–H and O–H groups in total. The quantitative estimate of drug-likeness (QED) is 0.377. The number of halogens is 1. The summed E-state index contributed by atoms with van der Waals surface area (Å²) in [5.74, 6) is -0.269. The number of ether oxygens (including phenoxy) is 3. The summed E-state index contributed by atoms with van der Waals surface area (Å²) in [5, 5.41) is 6.37. The molecule has 0 saturated heterocycles. The van der Waals surface area contributed by atoms with Crippen LogP contribution in [0, 0.1) is 12.7 Å². The van der Waals surface area contributed by atoms with Crippen LogP contribution in [-0.2, 0) is 9.47 Å². The molecule has 11 heteroatoms. The summed E-state index contributed by atoms with van der Waals surface area (Å²) in [4.78, 5) is 33.4. The summed E-state index contributed by atoms with van der Waals surface area (Å²) >= 11 is 1.20. The summed E-state index contributed by atoms with van der Waals surface area (Å²) < 4.78 is 29.6. The maximum absolute atomic E-state index is 13.9. The number of anilines is 2. The molecule has 0 fully saturated rings. The van der Waals surface area contributed by atoms with E-state index in [1.807, 2.05) is 0 Å². The molecule has 2 heterocycles. The first-order valence-corrected chi connectivity index (χ1v) is 10.9. The Labute approximate surface area is 194 Å². The standard InChI is InChI=1S/C22H25FN4O5S/c1-12-16-18(25-11-26-19(16)33-17(12)20(28)30-5)27-14-7-6-13(23)10-15(14)31-9-8-24-21(29)32-22(2,3)4/h6-7,10-11H,8-9H2,1-5H3,(H,24,29)(H,25,26,27). The molecule has 0 radical (unpaired) electrons. The number of alkyl carbamates (subject to hydrolysis) is 1. The summed E-state index contributed by atoms with van der Waals surface area (Å²) in [6.07, 6.45) is 0.803. The zero-order chi connectivity index (χ0) is 24.2. The number of thiophene rings is 1. The first kappa shape index (κ1) is 24.2. The van der Waals surface area contributed by atoms with E-state index in [1.165, 1.54) is 43.0 Å². The number of hydrogen-bond acceptors (Lipinski definition) is 9. The molecule has 3 aromatic rings. The molecule has 1 amide bonds. The SMILES string of the molecule is COC(=O)c1sc2ncnc(Nc3ccc(F)cc3OCCNC(=O)OC(C)(C)C)c2c1C. The molecule has 33 heavy (non-hydrogen) atoms. The van der Waals surface area contributed by atoms with Crippen molar-refractivity contribution in [3.8, 4) is 5.75 Å². The maximum atomic E-state index is 13.9. The lowest BCUT2D eigenvalue weighted by Gasteiger charge is -2.20. The molecule has 0 bridgehead atoms. The Bertz CT molecular complexity index is 1180. The van der Waals surface area contributed by atoms with Crippen LogP contribution in [-0.4, -0.2) is 47.9 Å². The van der Waals surface area contributed by atoms with Gasteiger partial charge in [0, 0.05) is 6.07 Å². The highest BCUT2D eigenvalue weighted by Crippen LogP contribution is 2.36. The number of nitrogens with one attached hydrogen (secondary N) is 2. The van der Waals surface area contributed by atoms with Gasteiger partial charge >= 0.3 is 12.1 Å². The van der Waals surface area contributed by atoms with Crippen LogP contribution in [0.15, 0.2) is 24.5 Å². The van der Waals surface area contributed by atoms with E-state index in [1.54, 1.807) is 27.7 Å². The van der Waals surface area contributed by atoms with E-state index < -0.39 is 23.5 Å². The van der Waals surface area contributed by atoms with E-state index in [0.717, 1.165) is 0 Å². The minimum Gasteiger partial charge on any atom is -0.489 e. The topological polar surface area (TPSA) is 112 Å². The van der Waals surface area contributed by atoms with Crippen molar-refractivity contribution in [3.63, 3.8) is 0 Å². The van der Waals surface area contributed by atoms with Crippen LogP contribution in [0.4, 0.5) is 20.7 Å². The highest BCUT2D eigenvalue weighted by molar-refractivity contribution is 7.20. The number of aromatic nitrogens is 2. The minimum atomic E-state index is -0.610. The number of methoxy groups -OCH3 is 1. The second-order valence-electron chi connectivity index (χ2n) is 7.99. The van der Waals surface area contributed by atoms with Crippen molar-refractivity contribution in [3.05, 3.63) is 40.8 Å². The van der Waals surface area contributed by atoms with Gasteiger partial charge in [-0.3, -0.25) is 0 Å². The second-order valence-corrected chi connectivity index (χ2v) is 8.99. The Balaban J connectivity index is 1.77. The lowest BCUT2D eigenvalue weighted by Crippen LogP contribution is -2.34. The average molecular weight is 477 g/mol. The fourth-order valence-corrected chi connectivity index (χ4v) is 4.00. The normalized spacial score (nSPS) is 11.2. The summed E-state index contributed by atoms with van der Waals surface area (Å²) in [7, 11) is 1.32. The molecule has 9 nitrogen and oxygen atoms in total. The molecule has 0 aliphatic rings. The zero-order valence-electron chi connectivity index (χ0n) is 18.9. The Kier molecular flexibility index (Phi) is 7.32. The van der Waals surface area contributed by atoms with E-state index in [0.29, 0.717) is 32.2 Å². The molecule has 0 atom stereocenters. The summed E-state index contributed by atoms with van der Waals surface area (Å²) in [5.41, 5.74) is 0.524. The third-order valence-electron chi connectivity index (χ3n) is 4.32. The molecular weight excluding hydrogens is 451 g/mol. The van der Waals surface area contributed by atoms with Crippen LogP contribution in [0.25, 0.3) is 10.2 Å². The lowest BCUT2D eigenvalue weighted by atomic mass is 10.2. The number of nitrogens with zero attached hydrogens (tertiary/aromatic N) is 2. The largest absolute Gasteiger partial charge is 0.489 e. The van der Waals surface area contributed by atoms with Crippen molar-refractivity contribution < 1.29 is 28.2 Å². The molecule has 3 rings (SSSR count). The molecule has 176 valence electrons. The molecule has 0 unspecified atom stereocenters. The maximum Gasteiger partial charge on any atom is 0.407 e. The van der Waals surface area contributed by atoms with Crippen LogP contribution in [0.3, 0.4) is 0 Å². The fourth-order valence-electron chi connectivity index (χ4n) is 2.93. The van der Waals surface area contributed by atoms with Gasteiger partial charge in [0.2, 0.25) is 0 Å². The fraction of sp³-hybridized carbons (Fsp3) is 0.364. The molecule has 0 aliphatic carbocycles. The Morgan fingerprint density at radius 1 is 1.21 bits per heavy atom. The van der Waals surface area contributed by atoms with Gasteiger partial charge in [-0.05, 0) is 45.4 Å². The molecule has 0 saturated carbocycles. The van der Waals surface area contributed by atoms with E-state index in [2.05, 4.69) is 20.6 Å². The number of carbonyl (C=O) groups is 2. The van der Waals surface area contributed by atoms with E-state index >= 15 is 0 Å². The minimum absolute atomic E-state index is 0.0839. The summed E-state index contributed by atoms with van der Waals surface area (Å²) in [6.45, 7) is 7.32. The van der Waals surface area contributed by atoms with Gasteiger partial charge in [0.1, 0.15) is 45.6 Å². The van der Waals surface area contributed by atoms with Crippen LogP contribution in [0.2, 0.25) is 0 Å². The van der Waals surface area contributed by atoms with Crippen molar-refractivity contribution in [1.29, 1.82) is 0 Å². The van der Waals surface area contributed by atoms with Crippen molar-refractivity contribution in [1.82, 2.24) is 15.3 Å². The smallest absolute Gasteiger partial charge is 0.407 e. The summed E-state index contributed by atoms with van der Waals surface area (Å²) in [6, 6.07) is 4.03. The Hall–Kier alpha value is -3.47. The molecule has 2 aromatic heterocycles. The van der Waals surface area contributed by atoms with E-state index in [-0.39, 0.29) is 18.9 Å². The van der Waals surface area contributed by atoms with Gasteiger partial charge in [-0.15, -0.1) is 11.3 Å². The van der Waals surface area contributed by atoms with Crippen molar-refractivity contribution in [2.75, 3.05) is 25.6 Å². The number of carbonyl (C=O) groups excluding carboxylic acids is 2. The zero-order valence-corrected chi connectivity index (χ0v) is 19.8. The van der Waals surface area contributed by atoms with Crippen molar-refractivity contribution in [2.24, 2.45) is 0 Å². The van der Waals surface area contributed by atoms with E-state index in [9.17, 15) is 14.0 Å². The Morgan fingerprint density at radius 3 is 2.67 bits per heavy atom. The van der Waals surface area contributed by atoms with E-state index in [4.69, 9.17) is 14.2 Å². The van der Waals surface area contributed by atoms with Crippen LogP contribution >= 0.6 is 11.3 Å². The molecule has 0 spiro atoms. The van der Waals surface area contributed by atoms with Crippen molar-refractivity contribution in [2.45, 2.75) is 33.3 Å². The first-order valence-electron chi connectivity index (χ1n) is 10.1. The second kappa shape index (κ2) is 9.99. The van der Waals surface area contributed by atoms with Crippen LogP contribution in [0.5, 0.6) is 5.75 Å². The van der Waals surface area contributed by atoms with Gasteiger partial charge in [0.25, 0.3) is 0 Å². The number of rotatable bonds is 7. The highest BCUT2D eigenvalue weighted by atomic mass is 32.1. The molecule has 1 aromatic carbocycles. The number of benzene rings is 1. The number of hydrogen-bond donors (Lipinski definition) is 2. The number of esters is 1. The predicted octanol–water partition coefficient (Wildman–Crippen LogP) is 4.57. The third kappa shape index (κ3) is 6.07. The van der Waals surface area contributed by atoms with Crippen LogP contribution < -0.4 is 15.4 Å². The first-order chi connectivity index (χ1) is 15.6. The van der Waals surface area contributed by atoms with Gasteiger partial charge in [0.05, 0.1) is 24.7 Å². The van der Waals surface area contributed by atoms with Crippen molar-refractivity contribution >= 4 is 45.1 Å². The van der Waals surface area contributed by atoms with Gasteiger partial charge in [-0.2, -0.15) is 0 Å². The number of fused-ring (bicyclic) bond motifs is 1. The number of aryl methyl sites for hydroxylation is 1. The van der Waals surface area contributed by atoms with Gasteiger partial charge in [-0.1, -0.05) is 0 Å². The highest BCUT2D eigenvalue weighted by Gasteiger charge is 2.20. The monoisotopic (exact) mass is 476 g/mol. The van der Waals surface area contributed by atoms with Gasteiger partial charge in [-0.25, -0.2) is 23.9 Å². The predicted molar refractivity (Wildman–Crippen MR) is 123 cm³/mol. The average Bonchev–Trinajstić information content (AvgIpc) is 3.08. The Morgan fingerprint density at radius 2 is 1.97 bits per heavy atom. The third-order valence-corrected chi connectivity index (χ3v) is 5.50. The van der Waals surface area contributed by atoms with Gasteiger partial charge < -0.3 is 24.8 Å². The van der Waals surface area contributed by atoms with Crippen LogP contribution in [0.1, 0.15) is 36.0 Å². The molecule has 0 aliphatic heterocycles. The molecular formula is C22H25FN4O5S. The number of amides is 1. The lowest BCUT2D eigenvalue weighted by molar-refractivity contribution is 0.0519. The van der Waals surface area contributed by atoms with Gasteiger partial charge in [0.15, 0.2) is 0 Å².